The number of benzene rings is 1. The summed E-state index contributed by atoms with van der Waals surface area (Å²) in [6.07, 6.45) is 2.38. The number of ether oxygens (including phenoxy) is 1. The SMILES string of the molecule is O=C(O)[C@H]1COC2(CCN(C(=O)Cc3ccccc3)CC2)N1C(=O)c1ccco1. The van der Waals surface area contributed by atoms with Gasteiger partial charge in [0, 0.05) is 25.9 Å². The van der Waals surface area contributed by atoms with Crippen LogP contribution in [-0.4, -0.2) is 64.2 Å². The molecule has 2 fully saturated rings. The van der Waals surface area contributed by atoms with Crippen LogP contribution in [0.2, 0.25) is 0 Å². The van der Waals surface area contributed by atoms with Crippen LogP contribution in [0.25, 0.3) is 0 Å². The summed E-state index contributed by atoms with van der Waals surface area (Å²) < 4.78 is 11.1. The third-order valence-corrected chi connectivity index (χ3v) is 5.59. The van der Waals surface area contributed by atoms with E-state index in [4.69, 9.17) is 9.15 Å². The van der Waals surface area contributed by atoms with Gasteiger partial charge in [-0.15, -0.1) is 0 Å². The van der Waals surface area contributed by atoms with Gasteiger partial charge in [-0.1, -0.05) is 30.3 Å². The van der Waals surface area contributed by atoms with E-state index in [1.165, 1.54) is 17.2 Å². The molecule has 0 radical (unpaired) electrons. The van der Waals surface area contributed by atoms with E-state index in [0.717, 1.165) is 5.56 Å². The number of piperidine rings is 1. The minimum absolute atomic E-state index is 0.00254. The molecular formula is C21H22N2O6. The molecular weight excluding hydrogens is 376 g/mol. The van der Waals surface area contributed by atoms with Crippen LogP contribution >= 0.6 is 0 Å². The Kier molecular flexibility index (Phi) is 5.10. The molecule has 8 nitrogen and oxygen atoms in total. The molecule has 1 atom stereocenters. The molecule has 2 saturated heterocycles. The Morgan fingerprint density at radius 2 is 1.79 bits per heavy atom. The highest BCUT2D eigenvalue weighted by Crippen LogP contribution is 2.38. The Bertz CT molecular complexity index is 887. The van der Waals surface area contributed by atoms with E-state index in [2.05, 4.69) is 0 Å². The van der Waals surface area contributed by atoms with Crippen molar-refractivity contribution >= 4 is 17.8 Å². The van der Waals surface area contributed by atoms with Gasteiger partial charge in [-0.25, -0.2) is 4.79 Å². The van der Waals surface area contributed by atoms with Gasteiger partial charge in [-0.3, -0.25) is 14.5 Å². The van der Waals surface area contributed by atoms with E-state index in [0.29, 0.717) is 32.4 Å². The van der Waals surface area contributed by atoms with E-state index >= 15 is 0 Å². The van der Waals surface area contributed by atoms with E-state index in [-0.39, 0.29) is 18.3 Å². The first-order chi connectivity index (χ1) is 14.0. The Morgan fingerprint density at radius 3 is 2.41 bits per heavy atom. The molecule has 2 amide bonds. The molecule has 1 spiro atoms. The van der Waals surface area contributed by atoms with E-state index in [1.807, 2.05) is 30.3 Å². The lowest BCUT2D eigenvalue weighted by Gasteiger charge is -2.44. The van der Waals surface area contributed by atoms with Crippen molar-refractivity contribution < 1.29 is 28.6 Å². The number of likely N-dealkylation sites (tertiary alicyclic amines) is 1. The predicted molar refractivity (Wildman–Crippen MR) is 101 cm³/mol. The molecule has 1 N–H and O–H groups in total. The maximum Gasteiger partial charge on any atom is 0.328 e. The third kappa shape index (κ3) is 3.63. The lowest BCUT2D eigenvalue weighted by molar-refractivity contribution is -0.147. The zero-order valence-electron chi connectivity index (χ0n) is 15.8. The molecule has 4 rings (SSSR count). The van der Waals surface area contributed by atoms with Crippen molar-refractivity contribution in [2.24, 2.45) is 0 Å². The van der Waals surface area contributed by atoms with E-state index in [9.17, 15) is 19.5 Å². The number of aliphatic carboxylic acids is 1. The summed E-state index contributed by atoms with van der Waals surface area (Å²) in [5, 5.41) is 9.58. The van der Waals surface area contributed by atoms with Crippen LogP contribution in [-0.2, 0) is 20.7 Å². The van der Waals surface area contributed by atoms with Gasteiger partial charge < -0.3 is 19.2 Å². The zero-order chi connectivity index (χ0) is 20.4. The largest absolute Gasteiger partial charge is 0.480 e. The molecule has 2 aromatic rings. The van der Waals surface area contributed by atoms with Crippen LogP contribution in [0.1, 0.15) is 29.0 Å². The van der Waals surface area contributed by atoms with Crippen LogP contribution < -0.4 is 0 Å². The number of amides is 2. The molecule has 3 heterocycles. The van der Waals surface area contributed by atoms with E-state index < -0.39 is 23.6 Å². The first-order valence-corrected chi connectivity index (χ1v) is 9.56. The molecule has 0 aliphatic carbocycles. The van der Waals surface area contributed by atoms with Crippen LogP contribution in [0.4, 0.5) is 0 Å². The number of hydrogen-bond donors (Lipinski definition) is 1. The number of carboxylic acid groups (broad SMARTS) is 1. The maximum atomic E-state index is 13.0. The van der Waals surface area contributed by atoms with Gasteiger partial charge in [0.15, 0.2) is 11.8 Å². The molecule has 2 aliphatic heterocycles. The summed E-state index contributed by atoms with van der Waals surface area (Å²) in [7, 11) is 0. The van der Waals surface area contributed by atoms with Crippen molar-refractivity contribution in [2.45, 2.75) is 31.0 Å². The molecule has 2 aliphatic rings. The molecule has 29 heavy (non-hydrogen) atoms. The first-order valence-electron chi connectivity index (χ1n) is 9.56. The Labute approximate surface area is 167 Å². The Balaban J connectivity index is 1.48. The van der Waals surface area contributed by atoms with Crippen molar-refractivity contribution in [1.82, 2.24) is 9.80 Å². The lowest BCUT2D eigenvalue weighted by atomic mass is 9.96. The number of furan rings is 1. The number of rotatable bonds is 4. The van der Waals surface area contributed by atoms with Gasteiger partial charge in [-0.2, -0.15) is 0 Å². The summed E-state index contributed by atoms with van der Waals surface area (Å²) in [5.74, 6) is -1.56. The third-order valence-electron chi connectivity index (χ3n) is 5.59. The standard InChI is InChI=1S/C21H22N2O6/c24-18(13-15-5-2-1-3-6-15)22-10-8-21(9-11-22)23(16(14-29-21)20(26)27)19(25)17-7-4-12-28-17/h1-7,12,16H,8-11,13-14H2,(H,26,27)/t16-/m1/s1. The monoisotopic (exact) mass is 398 g/mol. The highest BCUT2D eigenvalue weighted by molar-refractivity contribution is 5.95. The van der Waals surface area contributed by atoms with Gasteiger partial charge >= 0.3 is 5.97 Å². The zero-order valence-corrected chi connectivity index (χ0v) is 15.8. The van der Waals surface area contributed by atoms with Crippen LogP contribution in [0.15, 0.2) is 53.1 Å². The highest BCUT2D eigenvalue weighted by atomic mass is 16.5. The summed E-state index contributed by atoms with van der Waals surface area (Å²) in [5.41, 5.74) is -0.105. The average molecular weight is 398 g/mol. The first kappa shape index (κ1) is 19.2. The smallest absolute Gasteiger partial charge is 0.328 e. The molecule has 1 aromatic carbocycles. The number of carboxylic acids is 1. The second-order valence-electron chi connectivity index (χ2n) is 7.31. The Morgan fingerprint density at radius 1 is 1.07 bits per heavy atom. The molecule has 0 bridgehead atoms. The quantitative estimate of drug-likeness (QED) is 0.843. The maximum absolute atomic E-state index is 13.0. The van der Waals surface area contributed by atoms with Crippen molar-refractivity contribution in [3.63, 3.8) is 0 Å². The topological polar surface area (TPSA) is 100 Å². The summed E-state index contributed by atoms with van der Waals surface area (Å²) >= 11 is 0. The fourth-order valence-corrected chi connectivity index (χ4v) is 4.06. The van der Waals surface area contributed by atoms with Crippen molar-refractivity contribution in [2.75, 3.05) is 19.7 Å². The number of carbonyl (C=O) groups excluding carboxylic acids is 2. The minimum Gasteiger partial charge on any atom is -0.480 e. The van der Waals surface area contributed by atoms with Crippen molar-refractivity contribution in [1.29, 1.82) is 0 Å². The fourth-order valence-electron chi connectivity index (χ4n) is 4.06. The summed E-state index contributed by atoms with van der Waals surface area (Å²) in [6, 6.07) is 11.5. The number of nitrogens with zero attached hydrogens (tertiary/aromatic N) is 2. The highest BCUT2D eigenvalue weighted by Gasteiger charge is 2.54. The second kappa shape index (κ2) is 7.71. The molecule has 8 heteroatoms. The van der Waals surface area contributed by atoms with Gasteiger partial charge in [0.25, 0.3) is 5.91 Å². The number of hydrogen-bond acceptors (Lipinski definition) is 5. The van der Waals surface area contributed by atoms with Crippen molar-refractivity contribution in [3.8, 4) is 0 Å². The van der Waals surface area contributed by atoms with Gasteiger partial charge in [-0.05, 0) is 17.7 Å². The van der Waals surface area contributed by atoms with Gasteiger partial charge in [0.1, 0.15) is 5.72 Å². The molecule has 152 valence electrons. The van der Waals surface area contributed by atoms with Crippen molar-refractivity contribution in [3.05, 3.63) is 60.1 Å². The lowest BCUT2D eigenvalue weighted by Crippen LogP contribution is -2.58. The van der Waals surface area contributed by atoms with Gasteiger partial charge in [0.05, 0.1) is 19.3 Å². The summed E-state index contributed by atoms with van der Waals surface area (Å²) in [6.45, 7) is 0.694. The minimum atomic E-state index is -1.12. The molecule has 0 saturated carbocycles. The molecule has 0 unspecified atom stereocenters. The van der Waals surface area contributed by atoms with Crippen LogP contribution in [0.3, 0.4) is 0 Å². The van der Waals surface area contributed by atoms with Crippen LogP contribution in [0.5, 0.6) is 0 Å². The number of carbonyl (C=O) groups is 3. The Hall–Kier alpha value is -3.13. The summed E-state index contributed by atoms with van der Waals surface area (Å²) in [4.78, 5) is 40.3. The fraction of sp³-hybridized carbons (Fsp3) is 0.381. The average Bonchev–Trinajstić information content (AvgIpc) is 3.38. The van der Waals surface area contributed by atoms with E-state index in [1.54, 1.807) is 11.0 Å². The van der Waals surface area contributed by atoms with Crippen LogP contribution in [0, 0.1) is 0 Å². The second-order valence-corrected chi connectivity index (χ2v) is 7.31. The predicted octanol–water partition coefficient (Wildman–Crippen LogP) is 1.77. The molecule has 1 aromatic heterocycles. The normalized spacial score (nSPS) is 20.8. The van der Waals surface area contributed by atoms with Gasteiger partial charge in [0.2, 0.25) is 5.91 Å².